The van der Waals surface area contributed by atoms with E-state index in [1.807, 2.05) is 55.5 Å². The third kappa shape index (κ3) is 3.78. The number of aliphatic carboxylic acids is 1. The van der Waals surface area contributed by atoms with Gasteiger partial charge >= 0.3 is 16.2 Å². The van der Waals surface area contributed by atoms with Crippen molar-refractivity contribution in [1.82, 2.24) is 4.57 Å². The molecule has 0 bridgehead atoms. The van der Waals surface area contributed by atoms with Gasteiger partial charge in [0.1, 0.15) is 18.2 Å². The van der Waals surface area contributed by atoms with Crippen LogP contribution in [0, 0.1) is 23.7 Å². The molecule has 1 aliphatic heterocycles. The Labute approximate surface area is 232 Å². The first-order valence-electron chi connectivity index (χ1n) is 13.4. The van der Waals surface area contributed by atoms with Crippen molar-refractivity contribution < 1.29 is 32.8 Å². The summed E-state index contributed by atoms with van der Waals surface area (Å²) in [6, 6.07) is 9.50. The number of hydrogen-bond donors (Lipinski definition) is 2. The zero-order valence-electron chi connectivity index (χ0n) is 22.9. The van der Waals surface area contributed by atoms with Gasteiger partial charge in [-0.25, -0.2) is 18.2 Å². The van der Waals surface area contributed by atoms with Crippen LogP contribution in [0.1, 0.15) is 19.4 Å². The van der Waals surface area contributed by atoms with Crippen molar-refractivity contribution in [3.8, 4) is 0 Å². The summed E-state index contributed by atoms with van der Waals surface area (Å²) < 4.78 is 34.5. The molecule has 40 heavy (non-hydrogen) atoms. The molecule has 2 heterocycles. The summed E-state index contributed by atoms with van der Waals surface area (Å²) in [4.78, 5) is 25.2. The smallest absolute Gasteiger partial charge is 0.332 e. The number of carboxylic acid groups (broad SMARTS) is 1. The van der Waals surface area contributed by atoms with E-state index >= 15 is 0 Å². The minimum atomic E-state index is -4.06. The van der Waals surface area contributed by atoms with Crippen LogP contribution in [-0.2, 0) is 39.8 Å². The Hall–Kier alpha value is -3.70. The van der Waals surface area contributed by atoms with Crippen LogP contribution in [0.15, 0.2) is 60.2 Å². The molecule has 2 aromatic carbocycles. The van der Waals surface area contributed by atoms with Gasteiger partial charge in [0.25, 0.3) is 0 Å². The normalized spacial score (nSPS) is 25.8. The van der Waals surface area contributed by atoms with Crippen LogP contribution in [0.4, 0.5) is 11.4 Å². The molecule has 210 valence electrons. The number of imidazole rings is 1. The molecule has 1 fully saturated rings. The number of benzene rings is 2. The first kappa shape index (κ1) is 26.5. The van der Waals surface area contributed by atoms with Gasteiger partial charge in [0, 0.05) is 30.3 Å². The highest BCUT2D eigenvalue weighted by molar-refractivity contribution is 7.94. The minimum absolute atomic E-state index is 0.0241. The van der Waals surface area contributed by atoms with E-state index in [9.17, 15) is 28.2 Å². The number of ketones is 1. The van der Waals surface area contributed by atoms with Crippen LogP contribution in [0.5, 0.6) is 0 Å². The fraction of sp³-hybridized carbons (Fsp3) is 0.414. The van der Waals surface area contributed by atoms with E-state index in [-0.39, 0.29) is 29.7 Å². The van der Waals surface area contributed by atoms with Crippen LogP contribution < -0.4 is 13.2 Å². The highest BCUT2D eigenvalue weighted by atomic mass is 32.2. The molecule has 2 N–H and O–H groups in total. The van der Waals surface area contributed by atoms with Gasteiger partial charge in [-0.3, -0.25) is 9.10 Å². The standard InChI is InChI=1S/C29H32N4O6S/c1-16-20(26(29(36)37)27-23(16)24(17(2)34)28(27)35)14-33-21-7-5-6-19-12-18(8-9-32-11-10-30(3)15-32)13-22(25(19)21)31(4)40(33,38)39/h5-7,10-13,15-17,23-24,27,34H,8-9,14H2,1-4H3/p+1/t16-,17+,23+,24+,27?/m0/s1. The molecule has 0 radical (unpaired) electrons. The molecule has 6 rings (SSSR count). The van der Waals surface area contributed by atoms with Crippen molar-refractivity contribution in [3.63, 3.8) is 0 Å². The summed E-state index contributed by atoms with van der Waals surface area (Å²) in [5, 5.41) is 22.0. The van der Waals surface area contributed by atoms with Gasteiger partial charge in [0.15, 0.2) is 0 Å². The third-order valence-corrected chi connectivity index (χ3v) is 10.8. The lowest BCUT2D eigenvalue weighted by atomic mass is 9.59. The fourth-order valence-corrected chi connectivity index (χ4v) is 8.39. The number of aromatic nitrogens is 2. The van der Waals surface area contributed by atoms with Crippen LogP contribution in [0.2, 0.25) is 0 Å². The maximum Gasteiger partial charge on any atom is 0.332 e. The number of aliphatic hydroxyl groups is 1. The van der Waals surface area contributed by atoms with Gasteiger partial charge in [0.05, 0.1) is 43.5 Å². The second-order valence-electron chi connectivity index (χ2n) is 11.3. The number of aryl methyl sites for hydroxylation is 3. The van der Waals surface area contributed by atoms with E-state index in [0.717, 1.165) is 22.9 Å². The van der Waals surface area contributed by atoms with Crippen molar-refractivity contribution in [2.24, 2.45) is 30.7 Å². The molecule has 3 aromatic rings. The largest absolute Gasteiger partial charge is 0.478 e. The number of hydrogen-bond acceptors (Lipinski definition) is 5. The lowest BCUT2D eigenvalue weighted by Gasteiger charge is -2.43. The summed E-state index contributed by atoms with van der Waals surface area (Å²) >= 11 is 0. The molecule has 0 saturated heterocycles. The number of rotatable bonds is 7. The molecule has 0 amide bonds. The molecule has 2 aliphatic carbocycles. The van der Waals surface area contributed by atoms with Gasteiger partial charge < -0.3 is 10.2 Å². The predicted octanol–water partition coefficient (Wildman–Crippen LogP) is 2.05. The topological polar surface area (TPSA) is 124 Å². The Kier molecular flexibility index (Phi) is 6.08. The van der Waals surface area contributed by atoms with Crippen molar-refractivity contribution in [2.75, 3.05) is 22.2 Å². The number of carboxylic acids is 1. The maximum atomic E-state index is 14.0. The summed E-state index contributed by atoms with van der Waals surface area (Å²) in [5.41, 5.74) is 2.47. The van der Waals surface area contributed by atoms with Gasteiger partial charge in [-0.1, -0.05) is 25.1 Å². The highest BCUT2D eigenvalue weighted by Crippen LogP contribution is 2.56. The van der Waals surface area contributed by atoms with E-state index in [4.69, 9.17) is 0 Å². The lowest BCUT2D eigenvalue weighted by Crippen LogP contribution is -2.53. The van der Waals surface area contributed by atoms with Crippen LogP contribution in [-0.4, -0.2) is 54.6 Å². The molecule has 10 nitrogen and oxygen atoms in total. The van der Waals surface area contributed by atoms with E-state index in [2.05, 4.69) is 10.6 Å². The molecular formula is C29H33N4O6S+. The number of carbonyl (C=O) groups is 2. The zero-order valence-corrected chi connectivity index (χ0v) is 23.7. The van der Waals surface area contributed by atoms with Crippen molar-refractivity contribution >= 4 is 44.1 Å². The van der Waals surface area contributed by atoms with Crippen LogP contribution in [0.25, 0.3) is 10.8 Å². The average molecular weight is 566 g/mol. The second kappa shape index (κ2) is 9.17. The quantitative estimate of drug-likeness (QED) is 0.423. The van der Waals surface area contributed by atoms with E-state index in [1.54, 1.807) is 13.0 Å². The van der Waals surface area contributed by atoms with Gasteiger partial charge in [-0.15, -0.1) is 0 Å². The molecule has 1 aromatic heterocycles. The van der Waals surface area contributed by atoms with Crippen molar-refractivity contribution in [1.29, 1.82) is 0 Å². The highest BCUT2D eigenvalue weighted by Gasteiger charge is 2.61. The van der Waals surface area contributed by atoms with E-state index in [1.165, 1.54) is 15.7 Å². The molecule has 3 aliphatic rings. The molecule has 1 saturated carbocycles. The number of nitrogens with zero attached hydrogens (tertiary/aromatic N) is 4. The monoisotopic (exact) mass is 565 g/mol. The van der Waals surface area contributed by atoms with Gasteiger partial charge in [-0.2, -0.15) is 8.42 Å². The number of anilines is 2. The number of Topliss-reactive ketones (excluding diaryl/α,β-unsaturated/α-hetero) is 1. The molecule has 11 heteroatoms. The van der Waals surface area contributed by atoms with Crippen molar-refractivity contribution in [3.05, 3.63) is 65.8 Å². The average Bonchev–Trinajstić information content (AvgIpc) is 3.42. The van der Waals surface area contributed by atoms with Gasteiger partial charge in [0.2, 0.25) is 6.33 Å². The van der Waals surface area contributed by atoms with Crippen LogP contribution in [0.3, 0.4) is 0 Å². The molecule has 5 atom stereocenters. The van der Waals surface area contributed by atoms with E-state index < -0.39 is 34.1 Å². The molecule has 1 unspecified atom stereocenters. The fourth-order valence-electron chi connectivity index (χ4n) is 7.00. The summed E-state index contributed by atoms with van der Waals surface area (Å²) in [6.45, 7) is 3.94. The predicted molar refractivity (Wildman–Crippen MR) is 149 cm³/mol. The van der Waals surface area contributed by atoms with E-state index in [0.29, 0.717) is 23.4 Å². The number of fused-ring (bicyclic) bond motifs is 1. The zero-order chi connectivity index (χ0) is 28.7. The van der Waals surface area contributed by atoms with Crippen molar-refractivity contribution in [2.45, 2.75) is 32.9 Å². The summed E-state index contributed by atoms with van der Waals surface area (Å²) in [6.07, 6.45) is 5.77. The second-order valence-corrected chi connectivity index (χ2v) is 13.2. The van der Waals surface area contributed by atoms with Crippen LogP contribution >= 0.6 is 0 Å². The maximum absolute atomic E-state index is 14.0. The Morgan fingerprint density at radius 3 is 2.60 bits per heavy atom. The van der Waals surface area contributed by atoms with Gasteiger partial charge in [-0.05, 0) is 47.4 Å². The lowest BCUT2D eigenvalue weighted by molar-refractivity contribution is -0.671. The summed E-state index contributed by atoms with van der Waals surface area (Å²) in [5.74, 6) is -3.69. The Morgan fingerprint density at radius 2 is 1.95 bits per heavy atom. The molecular weight excluding hydrogens is 532 g/mol. The Balaban J connectivity index is 1.41. The Morgan fingerprint density at radius 1 is 1.20 bits per heavy atom. The number of aliphatic hydroxyl groups excluding tert-OH is 1. The SMILES string of the molecule is C[C@@H](O)[C@H]1C(=O)C2C(C(=O)O)=C(CN3c4cccc5cc(CCn6cc[n+](C)c6)cc(c45)N(C)S3(=O)=O)[C@H](C)[C@@H]21. The minimum Gasteiger partial charge on any atom is -0.478 e. The summed E-state index contributed by atoms with van der Waals surface area (Å²) in [7, 11) is -0.588. The first-order chi connectivity index (χ1) is 18.9. The number of carbonyl (C=O) groups excluding carboxylic acids is 1. The first-order valence-corrected chi connectivity index (χ1v) is 14.8. The Bertz CT molecular complexity index is 1710. The third-order valence-electron chi connectivity index (χ3n) is 8.99. The molecule has 0 spiro atoms.